The van der Waals surface area contributed by atoms with Crippen LogP contribution in [0.1, 0.15) is 75.1 Å². The van der Waals surface area contributed by atoms with E-state index >= 15 is 0 Å². The van der Waals surface area contributed by atoms with Crippen molar-refractivity contribution in [2.75, 3.05) is 5.75 Å². The second kappa shape index (κ2) is 8.67. The lowest BCUT2D eigenvalue weighted by Gasteiger charge is -2.27. The largest absolute Gasteiger partial charge is 0.454 e. The van der Waals surface area contributed by atoms with Crippen LogP contribution in [-0.2, 0) is 33.0 Å². The first-order chi connectivity index (χ1) is 14.0. The van der Waals surface area contributed by atoms with Crippen molar-refractivity contribution in [3.05, 3.63) is 52.8 Å². The molecule has 1 saturated carbocycles. The topological polar surface area (TPSA) is 91.4 Å². The van der Waals surface area contributed by atoms with Crippen LogP contribution in [0.25, 0.3) is 0 Å². The number of ketones is 1. The molecule has 3 rings (SSSR count). The third-order valence-corrected chi connectivity index (χ3v) is 7.60. The van der Waals surface area contributed by atoms with Gasteiger partial charge >= 0.3 is 0 Å². The number of carbonyl (C=O) groups is 1. The molecule has 0 unspecified atom stereocenters. The molecule has 1 aromatic carbocycles. The summed E-state index contributed by atoms with van der Waals surface area (Å²) in [7, 11) is -3.41. The van der Waals surface area contributed by atoms with Gasteiger partial charge in [-0.3, -0.25) is 4.79 Å². The highest BCUT2D eigenvalue weighted by Crippen LogP contribution is 2.33. The van der Waals surface area contributed by atoms with Crippen LogP contribution in [0, 0.1) is 10.7 Å². The smallest absolute Gasteiger partial charge is 0.199 e. The minimum Gasteiger partial charge on any atom is -0.454 e. The highest BCUT2D eigenvalue weighted by molar-refractivity contribution is 7.93. The van der Waals surface area contributed by atoms with E-state index in [1.807, 2.05) is 0 Å². The monoisotopic (exact) mass is 431 g/mol. The molecule has 1 aromatic heterocycles. The van der Waals surface area contributed by atoms with Gasteiger partial charge in [-0.15, -0.1) is 0 Å². The molecular formula is C24H33NO4S. The molecule has 0 amide bonds. The van der Waals surface area contributed by atoms with Crippen molar-refractivity contribution in [2.24, 2.45) is 5.92 Å². The van der Waals surface area contributed by atoms with E-state index in [0.717, 1.165) is 17.5 Å². The fourth-order valence-corrected chi connectivity index (χ4v) is 5.19. The molecule has 1 aliphatic rings. The SMILES string of the molecule is CC(C)c1cccc(CC2CCC2)c1CC(=O)C[S@](=N)(=O)c1cc(C(C)(C)O)co1. The highest BCUT2D eigenvalue weighted by atomic mass is 32.2. The molecule has 1 atom stereocenters. The Bertz CT molecular complexity index is 1010. The normalized spacial score (nSPS) is 17.0. The number of hydrogen-bond donors (Lipinski definition) is 2. The van der Waals surface area contributed by atoms with Crippen LogP contribution in [0.2, 0.25) is 0 Å². The van der Waals surface area contributed by atoms with Gasteiger partial charge in [0.15, 0.2) is 10.9 Å². The Balaban J connectivity index is 1.80. The molecule has 0 bridgehead atoms. The lowest BCUT2D eigenvalue weighted by Crippen LogP contribution is -2.20. The number of carbonyl (C=O) groups excluding carboxylic acids is 1. The van der Waals surface area contributed by atoms with Gasteiger partial charge in [-0.05, 0) is 48.8 Å². The lowest BCUT2D eigenvalue weighted by atomic mass is 9.78. The van der Waals surface area contributed by atoms with Crippen LogP contribution in [0.15, 0.2) is 40.0 Å². The second-order valence-electron chi connectivity index (χ2n) is 9.39. The van der Waals surface area contributed by atoms with E-state index in [2.05, 4.69) is 32.0 Å². The minimum absolute atomic E-state index is 0.0557. The summed E-state index contributed by atoms with van der Waals surface area (Å²) in [5, 5.41) is 10.0. The molecule has 5 nitrogen and oxygen atoms in total. The number of aliphatic hydroxyl groups is 1. The Morgan fingerprint density at radius 3 is 2.57 bits per heavy atom. The summed E-state index contributed by atoms with van der Waals surface area (Å²) in [5.74, 6) is 0.360. The molecule has 6 heteroatoms. The number of nitrogens with one attached hydrogen (secondary N) is 1. The van der Waals surface area contributed by atoms with Crippen molar-refractivity contribution < 1.29 is 18.5 Å². The van der Waals surface area contributed by atoms with Crippen LogP contribution in [0.4, 0.5) is 0 Å². The third-order valence-electron chi connectivity index (χ3n) is 6.01. The fraction of sp³-hybridized carbons (Fsp3) is 0.542. The van der Waals surface area contributed by atoms with Crippen molar-refractivity contribution in [1.29, 1.82) is 4.78 Å². The van der Waals surface area contributed by atoms with Gasteiger partial charge in [-0.1, -0.05) is 51.3 Å². The molecule has 0 radical (unpaired) electrons. The standard InChI is InChI=1S/C24H33NO4S/c1-16(2)21-10-6-9-18(11-17-7-5-8-17)22(21)13-20(26)15-30(25,28)23-12-19(14-29-23)24(3,4)27/h6,9-10,12,14,16-17,25,27H,5,7-8,11,13,15H2,1-4H3/t30-/m0/s1. The Morgan fingerprint density at radius 1 is 1.33 bits per heavy atom. The molecule has 0 spiro atoms. The molecule has 1 aliphatic carbocycles. The van der Waals surface area contributed by atoms with E-state index in [1.54, 1.807) is 13.8 Å². The maximum absolute atomic E-state index is 12.9. The van der Waals surface area contributed by atoms with Gasteiger partial charge in [0.2, 0.25) is 0 Å². The summed E-state index contributed by atoms with van der Waals surface area (Å²) < 4.78 is 26.5. The van der Waals surface area contributed by atoms with Gasteiger partial charge in [0.1, 0.15) is 9.73 Å². The number of Topliss-reactive ketones (excluding diaryl/α,β-unsaturated/α-hetero) is 1. The fourth-order valence-electron chi connectivity index (χ4n) is 3.97. The predicted molar refractivity (Wildman–Crippen MR) is 118 cm³/mol. The summed E-state index contributed by atoms with van der Waals surface area (Å²) in [6, 6.07) is 7.66. The van der Waals surface area contributed by atoms with Crippen LogP contribution in [-0.4, -0.2) is 20.9 Å². The Labute approximate surface area is 179 Å². The average molecular weight is 432 g/mol. The van der Waals surface area contributed by atoms with Crippen LogP contribution >= 0.6 is 0 Å². The summed E-state index contributed by atoms with van der Waals surface area (Å²) in [5.41, 5.74) is 2.68. The lowest BCUT2D eigenvalue weighted by molar-refractivity contribution is -0.116. The van der Waals surface area contributed by atoms with Gasteiger partial charge in [0.05, 0.1) is 17.6 Å². The molecule has 1 fully saturated rings. The van der Waals surface area contributed by atoms with E-state index in [9.17, 15) is 14.1 Å². The van der Waals surface area contributed by atoms with E-state index in [0.29, 0.717) is 11.5 Å². The van der Waals surface area contributed by atoms with Gasteiger partial charge < -0.3 is 9.52 Å². The molecule has 2 aromatic rings. The van der Waals surface area contributed by atoms with Gasteiger partial charge in [0, 0.05) is 18.1 Å². The minimum atomic E-state index is -3.41. The second-order valence-corrected chi connectivity index (χ2v) is 11.4. The zero-order valence-corrected chi connectivity index (χ0v) is 19.2. The number of hydrogen-bond acceptors (Lipinski definition) is 5. The summed E-state index contributed by atoms with van der Waals surface area (Å²) >= 11 is 0. The first kappa shape index (κ1) is 22.8. The molecule has 0 saturated heterocycles. The molecule has 164 valence electrons. The Hall–Kier alpha value is -1.92. The third kappa shape index (κ3) is 5.22. The summed E-state index contributed by atoms with van der Waals surface area (Å²) in [4.78, 5) is 12.9. The van der Waals surface area contributed by atoms with Crippen molar-refractivity contribution in [3.8, 4) is 0 Å². The Morgan fingerprint density at radius 2 is 2.03 bits per heavy atom. The zero-order valence-electron chi connectivity index (χ0n) is 18.4. The van der Waals surface area contributed by atoms with Gasteiger partial charge in [-0.2, -0.15) is 0 Å². The average Bonchev–Trinajstić information content (AvgIpc) is 3.09. The zero-order chi connectivity index (χ0) is 22.1. The molecule has 30 heavy (non-hydrogen) atoms. The van der Waals surface area contributed by atoms with Crippen LogP contribution < -0.4 is 0 Å². The van der Waals surface area contributed by atoms with E-state index in [4.69, 9.17) is 9.20 Å². The predicted octanol–water partition coefficient (Wildman–Crippen LogP) is 5.19. The molecule has 0 aliphatic heterocycles. The molecular weight excluding hydrogens is 398 g/mol. The van der Waals surface area contributed by atoms with Crippen molar-refractivity contribution >= 4 is 15.5 Å². The maximum atomic E-state index is 12.9. The number of furan rings is 1. The van der Waals surface area contributed by atoms with E-state index in [-0.39, 0.29) is 29.0 Å². The quantitative estimate of drug-likeness (QED) is 0.571. The Kier molecular flexibility index (Phi) is 6.58. The van der Waals surface area contributed by atoms with Gasteiger partial charge in [0.25, 0.3) is 0 Å². The van der Waals surface area contributed by atoms with Crippen LogP contribution in [0.3, 0.4) is 0 Å². The van der Waals surface area contributed by atoms with E-state index in [1.165, 1.54) is 37.2 Å². The maximum Gasteiger partial charge on any atom is 0.199 e. The van der Waals surface area contributed by atoms with Crippen molar-refractivity contribution in [2.45, 2.75) is 76.4 Å². The van der Waals surface area contributed by atoms with Crippen LogP contribution in [0.5, 0.6) is 0 Å². The molecule has 2 N–H and O–H groups in total. The number of benzene rings is 1. The summed E-state index contributed by atoms with van der Waals surface area (Å²) in [6.45, 7) is 7.41. The van der Waals surface area contributed by atoms with Crippen molar-refractivity contribution in [1.82, 2.24) is 0 Å². The number of rotatable bonds is 9. The first-order valence-corrected chi connectivity index (χ1v) is 12.4. The first-order valence-electron chi connectivity index (χ1n) is 10.7. The molecule has 1 heterocycles. The van der Waals surface area contributed by atoms with E-state index < -0.39 is 15.3 Å². The summed E-state index contributed by atoms with van der Waals surface area (Å²) in [6.07, 6.45) is 6.22. The van der Waals surface area contributed by atoms with Crippen molar-refractivity contribution in [3.63, 3.8) is 0 Å². The van der Waals surface area contributed by atoms with Gasteiger partial charge in [-0.25, -0.2) is 8.99 Å². The highest BCUT2D eigenvalue weighted by Gasteiger charge is 2.26.